The number of hydrogen-bond donors (Lipinski definition) is 0. The average molecular weight is 198 g/mol. The van der Waals surface area contributed by atoms with E-state index in [2.05, 4.69) is 6.08 Å². The molecule has 3 heteroatoms. The Morgan fingerprint density at radius 1 is 1.43 bits per heavy atom. The molecule has 0 aliphatic heterocycles. The van der Waals surface area contributed by atoms with Gasteiger partial charge in [-0.25, -0.2) is 0 Å². The van der Waals surface area contributed by atoms with Crippen molar-refractivity contribution in [1.29, 1.82) is 0 Å². The number of rotatable bonds is 2. The Kier molecular flexibility index (Phi) is 4.66. The van der Waals surface area contributed by atoms with Crippen LogP contribution in [0.1, 0.15) is 32.6 Å². The van der Waals surface area contributed by atoms with Crippen LogP contribution in [0.4, 0.5) is 0 Å². The number of ether oxygens (including phenoxy) is 2. The van der Waals surface area contributed by atoms with E-state index in [1.165, 1.54) is 13.3 Å². The van der Waals surface area contributed by atoms with Gasteiger partial charge in [-0.1, -0.05) is 12.5 Å². The Labute approximate surface area is 85.1 Å². The van der Waals surface area contributed by atoms with Crippen LogP contribution in [0.15, 0.2) is 12.2 Å². The average Bonchev–Trinajstić information content (AvgIpc) is 2.10. The molecule has 0 aromatic rings. The van der Waals surface area contributed by atoms with Crippen LogP contribution >= 0.6 is 0 Å². The maximum atomic E-state index is 10.9. The minimum atomic E-state index is -0.248. The molecular weight excluding hydrogens is 180 g/mol. The molecule has 0 amide bonds. The maximum absolute atomic E-state index is 10.9. The minimum Gasteiger partial charge on any atom is -0.456 e. The monoisotopic (exact) mass is 198 g/mol. The van der Waals surface area contributed by atoms with E-state index in [4.69, 9.17) is 9.47 Å². The van der Waals surface area contributed by atoms with E-state index in [0.717, 1.165) is 19.3 Å². The molecule has 1 aliphatic rings. The van der Waals surface area contributed by atoms with E-state index in [9.17, 15) is 4.79 Å². The molecule has 0 radical (unpaired) electrons. The van der Waals surface area contributed by atoms with Crippen molar-refractivity contribution in [3.63, 3.8) is 0 Å². The van der Waals surface area contributed by atoms with Crippen LogP contribution in [-0.4, -0.2) is 25.3 Å². The highest BCUT2D eigenvalue weighted by atomic mass is 16.6. The molecule has 0 bridgehead atoms. The normalized spacial score (nSPS) is 30.1. The molecule has 0 spiro atoms. The van der Waals surface area contributed by atoms with Crippen molar-refractivity contribution >= 4 is 5.97 Å². The maximum Gasteiger partial charge on any atom is 0.303 e. The van der Waals surface area contributed by atoms with Gasteiger partial charge < -0.3 is 9.47 Å². The zero-order valence-corrected chi connectivity index (χ0v) is 8.86. The Morgan fingerprint density at radius 2 is 2.21 bits per heavy atom. The van der Waals surface area contributed by atoms with E-state index >= 15 is 0 Å². The molecule has 80 valence electrons. The lowest BCUT2D eigenvalue weighted by molar-refractivity contribution is -0.150. The first kappa shape index (κ1) is 11.2. The number of hydrogen-bond acceptors (Lipinski definition) is 3. The van der Waals surface area contributed by atoms with Crippen LogP contribution in [-0.2, 0) is 14.3 Å². The van der Waals surface area contributed by atoms with Crippen LogP contribution < -0.4 is 0 Å². The van der Waals surface area contributed by atoms with Gasteiger partial charge in [0.05, 0.1) is 6.10 Å². The topological polar surface area (TPSA) is 35.5 Å². The predicted molar refractivity (Wildman–Crippen MR) is 54.0 cm³/mol. The van der Waals surface area contributed by atoms with Crippen molar-refractivity contribution in [2.24, 2.45) is 0 Å². The summed E-state index contributed by atoms with van der Waals surface area (Å²) < 4.78 is 10.5. The first-order valence-electron chi connectivity index (χ1n) is 5.10. The highest BCUT2D eigenvalue weighted by molar-refractivity contribution is 5.66. The zero-order valence-electron chi connectivity index (χ0n) is 8.86. The van der Waals surface area contributed by atoms with Gasteiger partial charge in [-0.05, 0) is 25.3 Å². The van der Waals surface area contributed by atoms with Crippen molar-refractivity contribution in [2.45, 2.75) is 44.8 Å². The summed E-state index contributed by atoms with van der Waals surface area (Å²) in [7, 11) is 1.66. The van der Waals surface area contributed by atoms with Crippen LogP contribution in [0.25, 0.3) is 0 Å². The molecule has 0 aromatic carbocycles. The molecule has 0 saturated carbocycles. The molecule has 0 aromatic heterocycles. The van der Waals surface area contributed by atoms with Gasteiger partial charge in [0, 0.05) is 14.0 Å². The summed E-state index contributed by atoms with van der Waals surface area (Å²) in [5.74, 6) is -0.248. The van der Waals surface area contributed by atoms with Crippen LogP contribution in [0.5, 0.6) is 0 Å². The summed E-state index contributed by atoms with van der Waals surface area (Å²) in [6.07, 6.45) is 8.14. The van der Waals surface area contributed by atoms with Crippen LogP contribution in [0.2, 0.25) is 0 Å². The number of esters is 1. The third-order valence-electron chi connectivity index (χ3n) is 2.41. The van der Waals surface area contributed by atoms with Gasteiger partial charge in [-0.3, -0.25) is 4.79 Å². The molecule has 2 atom stereocenters. The molecule has 0 fully saturated rings. The van der Waals surface area contributed by atoms with Crippen LogP contribution in [0.3, 0.4) is 0 Å². The molecular formula is C11H18O3. The summed E-state index contributed by atoms with van der Waals surface area (Å²) in [6, 6.07) is 0. The molecule has 2 unspecified atom stereocenters. The largest absolute Gasteiger partial charge is 0.456 e. The molecule has 3 nitrogen and oxygen atoms in total. The van der Waals surface area contributed by atoms with E-state index in [-0.39, 0.29) is 18.2 Å². The van der Waals surface area contributed by atoms with E-state index in [1.807, 2.05) is 6.08 Å². The smallest absolute Gasteiger partial charge is 0.303 e. The SMILES string of the molecule is COC1CCCC/C=C/C1OC(C)=O. The highest BCUT2D eigenvalue weighted by Crippen LogP contribution is 2.17. The molecule has 0 heterocycles. The number of allylic oxidation sites excluding steroid dienone is 1. The fraction of sp³-hybridized carbons (Fsp3) is 0.727. The summed E-state index contributed by atoms with van der Waals surface area (Å²) >= 11 is 0. The summed E-state index contributed by atoms with van der Waals surface area (Å²) in [5, 5.41) is 0. The van der Waals surface area contributed by atoms with Gasteiger partial charge >= 0.3 is 5.97 Å². The van der Waals surface area contributed by atoms with Gasteiger partial charge in [0.2, 0.25) is 0 Å². The minimum absolute atomic E-state index is 0.00968. The Hall–Kier alpha value is -0.830. The Morgan fingerprint density at radius 3 is 2.86 bits per heavy atom. The second kappa shape index (κ2) is 5.81. The van der Waals surface area contributed by atoms with Gasteiger partial charge in [0.1, 0.15) is 6.10 Å². The third kappa shape index (κ3) is 3.50. The van der Waals surface area contributed by atoms with Crippen molar-refractivity contribution in [2.75, 3.05) is 7.11 Å². The molecule has 14 heavy (non-hydrogen) atoms. The van der Waals surface area contributed by atoms with E-state index < -0.39 is 0 Å². The molecule has 1 aliphatic carbocycles. The first-order chi connectivity index (χ1) is 6.74. The van der Waals surface area contributed by atoms with Crippen molar-refractivity contribution in [3.05, 3.63) is 12.2 Å². The number of methoxy groups -OCH3 is 1. The van der Waals surface area contributed by atoms with Crippen molar-refractivity contribution in [3.8, 4) is 0 Å². The predicted octanol–water partition coefficient (Wildman–Crippen LogP) is 2.06. The van der Waals surface area contributed by atoms with Crippen LogP contribution in [0, 0.1) is 0 Å². The fourth-order valence-corrected chi connectivity index (χ4v) is 1.69. The summed E-state index contributed by atoms with van der Waals surface area (Å²) in [4.78, 5) is 10.9. The van der Waals surface area contributed by atoms with E-state index in [1.54, 1.807) is 7.11 Å². The standard InChI is InChI=1S/C11H18O3/c1-9(12)14-11-8-6-4-3-5-7-10(11)13-2/h6,8,10-11H,3-5,7H2,1-2H3/b8-6+. The molecule has 1 rings (SSSR count). The lowest BCUT2D eigenvalue weighted by Crippen LogP contribution is -2.31. The molecule has 0 N–H and O–H groups in total. The lowest BCUT2D eigenvalue weighted by Gasteiger charge is -2.24. The fourth-order valence-electron chi connectivity index (χ4n) is 1.69. The quantitative estimate of drug-likeness (QED) is 0.503. The van der Waals surface area contributed by atoms with Gasteiger partial charge in [0.15, 0.2) is 0 Å². The second-order valence-corrected chi connectivity index (χ2v) is 3.56. The Balaban J connectivity index is 2.61. The first-order valence-corrected chi connectivity index (χ1v) is 5.10. The summed E-state index contributed by atoms with van der Waals surface area (Å²) in [5.41, 5.74) is 0. The Bertz CT molecular complexity index is 211. The zero-order chi connectivity index (χ0) is 10.4. The summed E-state index contributed by atoms with van der Waals surface area (Å²) in [6.45, 7) is 1.43. The third-order valence-corrected chi connectivity index (χ3v) is 2.41. The van der Waals surface area contributed by atoms with Crippen molar-refractivity contribution < 1.29 is 14.3 Å². The second-order valence-electron chi connectivity index (χ2n) is 3.56. The number of carbonyl (C=O) groups excluding carboxylic acids is 1. The van der Waals surface area contributed by atoms with Gasteiger partial charge in [0.25, 0.3) is 0 Å². The van der Waals surface area contributed by atoms with Gasteiger partial charge in [-0.15, -0.1) is 0 Å². The number of carbonyl (C=O) groups is 1. The van der Waals surface area contributed by atoms with Crippen molar-refractivity contribution in [1.82, 2.24) is 0 Å². The van der Waals surface area contributed by atoms with Gasteiger partial charge in [-0.2, -0.15) is 0 Å². The molecule has 0 saturated heterocycles. The highest BCUT2D eigenvalue weighted by Gasteiger charge is 2.21. The van der Waals surface area contributed by atoms with E-state index in [0.29, 0.717) is 0 Å². The lowest BCUT2D eigenvalue weighted by atomic mass is 10.0.